The van der Waals surface area contributed by atoms with Gasteiger partial charge in [0.05, 0.1) is 0 Å². The van der Waals surface area contributed by atoms with Gasteiger partial charge in [-0.1, -0.05) is 12.8 Å². The molecule has 1 saturated heterocycles. The number of aromatic carboxylic acids is 1. The van der Waals surface area contributed by atoms with E-state index < -0.39 is 5.97 Å². The molecule has 1 aromatic rings. The number of fused-ring (bicyclic) bond motifs is 1. The van der Waals surface area contributed by atoms with E-state index in [1.54, 1.807) is 6.07 Å². The van der Waals surface area contributed by atoms with Crippen LogP contribution < -0.4 is 0 Å². The van der Waals surface area contributed by atoms with Crippen LogP contribution in [0.5, 0.6) is 0 Å². The second-order valence-electron chi connectivity index (χ2n) is 5.44. The Balaban J connectivity index is 1.66. The molecule has 98 valence electrons. The van der Waals surface area contributed by atoms with Crippen molar-refractivity contribution in [3.8, 4) is 0 Å². The first-order valence-corrected chi connectivity index (χ1v) is 7.62. The summed E-state index contributed by atoms with van der Waals surface area (Å²) < 4.78 is 0. The summed E-state index contributed by atoms with van der Waals surface area (Å²) in [7, 11) is 0. The van der Waals surface area contributed by atoms with Gasteiger partial charge in [-0.15, -0.1) is 11.3 Å². The quantitative estimate of drug-likeness (QED) is 0.912. The Hall–Kier alpha value is -0.870. The average Bonchev–Trinajstić information content (AvgIpc) is 2.98. The van der Waals surface area contributed by atoms with Gasteiger partial charge in [0.15, 0.2) is 0 Å². The summed E-state index contributed by atoms with van der Waals surface area (Å²) in [5.41, 5.74) is 0. The van der Waals surface area contributed by atoms with E-state index in [2.05, 4.69) is 4.90 Å². The zero-order chi connectivity index (χ0) is 12.5. The summed E-state index contributed by atoms with van der Waals surface area (Å²) in [6.45, 7) is 2.13. The lowest BCUT2D eigenvalue weighted by Gasteiger charge is -2.31. The number of carboxylic acids is 1. The lowest BCUT2D eigenvalue weighted by atomic mass is 9.85. The van der Waals surface area contributed by atoms with Gasteiger partial charge in [-0.3, -0.25) is 4.90 Å². The van der Waals surface area contributed by atoms with Crippen LogP contribution in [0.2, 0.25) is 0 Å². The Bertz CT molecular complexity index is 443. The number of likely N-dealkylation sites (tertiary alicyclic amines) is 1. The van der Waals surface area contributed by atoms with E-state index in [0.717, 1.165) is 18.5 Å². The van der Waals surface area contributed by atoms with Crippen LogP contribution in [0.3, 0.4) is 0 Å². The Kier molecular flexibility index (Phi) is 3.39. The topological polar surface area (TPSA) is 40.5 Å². The van der Waals surface area contributed by atoms with E-state index in [0.29, 0.717) is 4.88 Å². The molecule has 0 bridgehead atoms. The van der Waals surface area contributed by atoms with E-state index in [-0.39, 0.29) is 0 Å². The second kappa shape index (κ2) is 5.02. The molecule has 3 rings (SSSR count). The van der Waals surface area contributed by atoms with Crippen molar-refractivity contribution in [3.05, 3.63) is 21.9 Å². The highest BCUT2D eigenvalue weighted by Gasteiger charge is 2.35. The molecule has 1 aliphatic heterocycles. The highest BCUT2D eigenvalue weighted by molar-refractivity contribution is 7.13. The molecule has 1 saturated carbocycles. The predicted octanol–water partition coefficient (Wildman–Crippen LogP) is 3.21. The van der Waals surface area contributed by atoms with Gasteiger partial charge in [0.1, 0.15) is 4.88 Å². The molecular weight excluding hydrogens is 246 g/mol. The van der Waals surface area contributed by atoms with Crippen molar-refractivity contribution in [1.29, 1.82) is 0 Å². The van der Waals surface area contributed by atoms with Gasteiger partial charge in [-0.05, 0) is 43.9 Å². The molecule has 2 aliphatic rings. The lowest BCUT2D eigenvalue weighted by Crippen LogP contribution is -2.33. The number of hydrogen-bond acceptors (Lipinski definition) is 3. The molecule has 0 spiro atoms. The molecule has 18 heavy (non-hydrogen) atoms. The fourth-order valence-corrected chi connectivity index (χ4v) is 4.35. The van der Waals surface area contributed by atoms with E-state index in [4.69, 9.17) is 5.11 Å². The van der Waals surface area contributed by atoms with Gasteiger partial charge in [0.2, 0.25) is 0 Å². The first kappa shape index (κ1) is 12.2. The molecule has 0 aromatic carbocycles. The number of thiophene rings is 1. The van der Waals surface area contributed by atoms with Crippen molar-refractivity contribution >= 4 is 17.3 Å². The highest BCUT2D eigenvalue weighted by atomic mass is 32.1. The summed E-state index contributed by atoms with van der Waals surface area (Å²) in [5.74, 6) is 0.0980. The van der Waals surface area contributed by atoms with Crippen LogP contribution in [-0.2, 0) is 6.54 Å². The number of nitrogens with zero attached hydrogens (tertiary/aromatic N) is 1. The van der Waals surface area contributed by atoms with Gasteiger partial charge in [-0.25, -0.2) is 4.79 Å². The van der Waals surface area contributed by atoms with E-state index >= 15 is 0 Å². The van der Waals surface area contributed by atoms with Crippen LogP contribution in [0, 0.1) is 5.92 Å². The lowest BCUT2D eigenvalue weighted by molar-refractivity contribution is 0.0702. The predicted molar refractivity (Wildman–Crippen MR) is 72.1 cm³/mol. The van der Waals surface area contributed by atoms with Crippen molar-refractivity contribution < 1.29 is 9.90 Å². The Morgan fingerprint density at radius 2 is 2.17 bits per heavy atom. The van der Waals surface area contributed by atoms with E-state index in [1.807, 2.05) is 6.07 Å². The third kappa shape index (κ3) is 2.31. The van der Waals surface area contributed by atoms with E-state index in [1.165, 1.54) is 54.9 Å². The van der Waals surface area contributed by atoms with E-state index in [9.17, 15) is 4.79 Å². The van der Waals surface area contributed by atoms with Gasteiger partial charge < -0.3 is 5.11 Å². The number of hydrogen-bond donors (Lipinski definition) is 1. The maximum atomic E-state index is 10.9. The Morgan fingerprint density at radius 1 is 1.33 bits per heavy atom. The van der Waals surface area contributed by atoms with Gasteiger partial charge in [0, 0.05) is 17.5 Å². The summed E-state index contributed by atoms with van der Waals surface area (Å²) in [5, 5.41) is 8.94. The monoisotopic (exact) mass is 265 g/mol. The minimum absolute atomic E-state index is 0.462. The van der Waals surface area contributed by atoms with Gasteiger partial charge in [0.25, 0.3) is 0 Å². The van der Waals surface area contributed by atoms with Crippen LogP contribution in [-0.4, -0.2) is 28.6 Å². The SMILES string of the molecule is O=C(O)c1ccc(CN2CCC3CCCCC32)s1. The summed E-state index contributed by atoms with van der Waals surface area (Å²) in [6, 6.07) is 4.47. The summed E-state index contributed by atoms with van der Waals surface area (Å²) in [4.78, 5) is 15.1. The molecule has 2 fully saturated rings. The van der Waals surface area contributed by atoms with Gasteiger partial charge >= 0.3 is 5.97 Å². The van der Waals surface area contributed by atoms with Crippen LogP contribution in [0.1, 0.15) is 46.7 Å². The molecule has 1 N–H and O–H groups in total. The molecule has 3 nitrogen and oxygen atoms in total. The van der Waals surface area contributed by atoms with Gasteiger partial charge in [-0.2, -0.15) is 0 Å². The Morgan fingerprint density at radius 3 is 2.94 bits per heavy atom. The van der Waals surface area contributed by atoms with Crippen molar-refractivity contribution in [2.75, 3.05) is 6.54 Å². The number of carboxylic acid groups (broad SMARTS) is 1. The molecular formula is C14H19NO2S. The van der Waals surface area contributed by atoms with Crippen molar-refractivity contribution in [2.24, 2.45) is 5.92 Å². The van der Waals surface area contributed by atoms with Crippen LogP contribution in [0.25, 0.3) is 0 Å². The first-order valence-electron chi connectivity index (χ1n) is 6.80. The molecule has 0 amide bonds. The van der Waals surface area contributed by atoms with Crippen molar-refractivity contribution in [2.45, 2.75) is 44.7 Å². The van der Waals surface area contributed by atoms with Crippen molar-refractivity contribution in [1.82, 2.24) is 4.90 Å². The molecule has 1 aromatic heterocycles. The average molecular weight is 265 g/mol. The highest BCUT2D eigenvalue weighted by Crippen LogP contribution is 2.37. The zero-order valence-corrected chi connectivity index (χ0v) is 11.3. The summed E-state index contributed by atoms with van der Waals surface area (Å²) in [6.07, 6.45) is 6.83. The van der Waals surface area contributed by atoms with Crippen LogP contribution in [0.4, 0.5) is 0 Å². The third-order valence-electron chi connectivity index (χ3n) is 4.36. The molecule has 2 heterocycles. The minimum atomic E-state index is -0.803. The standard InChI is InChI=1S/C14H19NO2S/c16-14(17)13-6-5-11(18-13)9-15-8-7-10-3-1-2-4-12(10)15/h5-6,10,12H,1-4,7-9H2,(H,16,17). The first-order chi connectivity index (χ1) is 8.74. The zero-order valence-electron chi connectivity index (χ0n) is 10.5. The Labute approximate surface area is 111 Å². The summed E-state index contributed by atoms with van der Waals surface area (Å²) >= 11 is 1.43. The number of carbonyl (C=O) groups is 1. The largest absolute Gasteiger partial charge is 0.477 e. The molecule has 1 aliphatic carbocycles. The van der Waals surface area contributed by atoms with Crippen LogP contribution >= 0.6 is 11.3 Å². The maximum absolute atomic E-state index is 10.9. The molecule has 2 atom stereocenters. The number of rotatable bonds is 3. The van der Waals surface area contributed by atoms with Crippen LogP contribution in [0.15, 0.2) is 12.1 Å². The molecule has 2 unspecified atom stereocenters. The third-order valence-corrected chi connectivity index (χ3v) is 5.41. The van der Waals surface area contributed by atoms with Crippen molar-refractivity contribution in [3.63, 3.8) is 0 Å². The fraction of sp³-hybridized carbons (Fsp3) is 0.643. The molecule has 0 radical (unpaired) electrons. The second-order valence-corrected chi connectivity index (χ2v) is 6.61. The minimum Gasteiger partial charge on any atom is -0.477 e. The maximum Gasteiger partial charge on any atom is 0.345 e. The fourth-order valence-electron chi connectivity index (χ4n) is 3.48. The molecule has 4 heteroatoms. The normalized spacial score (nSPS) is 28.2. The smallest absolute Gasteiger partial charge is 0.345 e.